The second-order valence-electron chi connectivity index (χ2n) is 2.75. The van der Waals surface area contributed by atoms with Gasteiger partial charge in [0.05, 0.1) is 5.69 Å². The molecule has 2 heterocycles. The molecule has 0 fully saturated rings. The number of aromatic nitrogens is 2. The van der Waals surface area contributed by atoms with E-state index in [1.807, 2.05) is 24.4 Å². The van der Waals surface area contributed by atoms with Gasteiger partial charge >= 0.3 is 0 Å². The fraction of sp³-hybridized carbons (Fsp3) is 0.111. The van der Waals surface area contributed by atoms with E-state index in [0.717, 1.165) is 5.65 Å². The number of carbonyl (C=O) groups is 1. The number of imidazole rings is 1. The molecule has 4 nitrogen and oxygen atoms in total. The lowest BCUT2D eigenvalue weighted by atomic mass is 10.3. The summed E-state index contributed by atoms with van der Waals surface area (Å²) in [7, 11) is 0. The number of pyridine rings is 1. The Morgan fingerprint density at radius 2 is 2.29 bits per heavy atom. The molecule has 2 aromatic heterocycles. The smallest absolute Gasteiger partial charge is 0.136 e. The van der Waals surface area contributed by atoms with Gasteiger partial charge in [-0.2, -0.15) is 0 Å². The molecule has 0 radical (unpaired) electrons. The van der Waals surface area contributed by atoms with E-state index in [1.165, 1.54) is 0 Å². The lowest BCUT2D eigenvalue weighted by Crippen LogP contribution is -2.24. The van der Waals surface area contributed by atoms with Crippen LogP contribution in [0.3, 0.4) is 0 Å². The molecular formula is C9H8ClN2O2-. The molecule has 14 heavy (non-hydrogen) atoms. The first-order valence-electron chi connectivity index (χ1n) is 3.88. The Morgan fingerprint density at radius 1 is 1.50 bits per heavy atom. The molecule has 0 aromatic carbocycles. The van der Waals surface area contributed by atoms with E-state index in [9.17, 15) is 9.90 Å². The normalized spacial score (nSPS) is 9.71. The number of fused-ring (bicyclic) bond motifs is 1. The van der Waals surface area contributed by atoms with Crippen molar-refractivity contribution in [2.45, 2.75) is 6.42 Å². The summed E-state index contributed by atoms with van der Waals surface area (Å²) >= 11 is 0. The molecule has 0 saturated heterocycles. The van der Waals surface area contributed by atoms with Crippen molar-refractivity contribution in [3.8, 4) is 0 Å². The number of carboxylic acid groups (broad SMARTS) is 1. The lowest BCUT2D eigenvalue weighted by Gasteiger charge is -1.94. The molecule has 74 valence electrons. The Hall–Kier alpha value is -1.55. The molecule has 0 aliphatic heterocycles. The van der Waals surface area contributed by atoms with Gasteiger partial charge < -0.3 is 14.3 Å². The second kappa shape index (κ2) is 4.11. The fourth-order valence-corrected chi connectivity index (χ4v) is 1.22. The molecule has 0 N–H and O–H groups in total. The Balaban J connectivity index is 0.000000980. The summed E-state index contributed by atoms with van der Waals surface area (Å²) in [6, 6.07) is 5.53. The van der Waals surface area contributed by atoms with Gasteiger partial charge in [-0.3, -0.25) is 0 Å². The van der Waals surface area contributed by atoms with E-state index < -0.39 is 5.97 Å². The number of halogens is 1. The molecule has 0 saturated carbocycles. The van der Waals surface area contributed by atoms with Crippen LogP contribution in [0.4, 0.5) is 0 Å². The van der Waals surface area contributed by atoms with E-state index in [-0.39, 0.29) is 18.8 Å². The first-order valence-corrected chi connectivity index (χ1v) is 3.88. The van der Waals surface area contributed by atoms with Gasteiger partial charge in [-0.05, 0) is 12.1 Å². The van der Waals surface area contributed by atoms with Crippen molar-refractivity contribution in [2.75, 3.05) is 0 Å². The molecule has 0 atom stereocenters. The maximum absolute atomic E-state index is 10.3. The molecule has 0 spiro atoms. The van der Waals surface area contributed by atoms with Gasteiger partial charge in [0.2, 0.25) is 0 Å². The highest BCUT2D eigenvalue weighted by Gasteiger charge is 1.99. The van der Waals surface area contributed by atoms with Crippen molar-refractivity contribution in [3.63, 3.8) is 0 Å². The number of hydrogen-bond donors (Lipinski definition) is 0. The fourth-order valence-electron chi connectivity index (χ4n) is 1.22. The van der Waals surface area contributed by atoms with Gasteiger partial charge in [0.25, 0.3) is 0 Å². The summed E-state index contributed by atoms with van der Waals surface area (Å²) in [5.74, 6) is -1.11. The van der Waals surface area contributed by atoms with Crippen molar-refractivity contribution in [3.05, 3.63) is 36.3 Å². The van der Waals surface area contributed by atoms with E-state index >= 15 is 0 Å². The molecule has 2 aromatic rings. The Labute approximate surface area is 86.6 Å². The monoisotopic (exact) mass is 211 g/mol. The van der Waals surface area contributed by atoms with Crippen molar-refractivity contribution >= 4 is 24.0 Å². The quantitative estimate of drug-likeness (QED) is 0.705. The highest BCUT2D eigenvalue weighted by molar-refractivity contribution is 5.85. The summed E-state index contributed by atoms with van der Waals surface area (Å²) in [5.41, 5.74) is 1.27. The minimum Gasteiger partial charge on any atom is -0.550 e. The number of carbonyl (C=O) groups excluding carboxylic acids is 1. The predicted octanol–water partition coefficient (Wildman–Crippen LogP) is 0.0485. The van der Waals surface area contributed by atoms with Gasteiger partial charge in [0.15, 0.2) is 0 Å². The summed E-state index contributed by atoms with van der Waals surface area (Å²) < 4.78 is 1.78. The predicted molar refractivity (Wildman–Crippen MR) is 51.2 cm³/mol. The van der Waals surface area contributed by atoms with Crippen LogP contribution in [-0.2, 0) is 11.2 Å². The van der Waals surface area contributed by atoms with Gasteiger partial charge in [-0.25, -0.2) is 4.98 Å². The Morgan fingerprint density at radius 3 is 2.93 bits per heavy atom. The van der Waals surface area contributed by atoms with Crippen LogP contribution in [-0.4, -0.2) is 15.4 Å². The molecule has 0 bridgehead atoms. The van der Waals surface area contributed by atoms with Gasteiger partial charge in [-0.15, -0.1) is 12.4 Å². The minimum atomic E-state index is -1.11. The zero-order valence-corrected chi connectivity index (χ0v) is 8.03. The maximum atomic E-state index is 10.3. The van der Waals surface area contributed by atoms with Crippen molar-refractivity contribution in [2.24, 2.45) is 0 Å². The molecule has 0 amide bonds. The average Bonchev–Trinajstić information content (AvgIpc) is 2.44. The molecular weight excluding hydrogens is 204 g/mol. The number of nitrogens with zero attached hydrogens (tertiary/aromatic N) is 2. The Bertz CT molecular complexity index is 420. The zero-order chi connectivity index (χ0) is 9.26. The average molecular weight is 212 g/mol. The zero-order valence-electron chi connectivity index (χ0n) is 7.21. The third kappa shape index (κ3) is 2.03. The number of rotatable bonds is 2. The topological polar surface area (TPSA) is 57.4 Å². The maximum Gasteiger partial charge on any atom is 0.136 e. The van der Waals surface area contributed by atoms with E-state index in [2.05, 4.69) is 4.98 Å². The summed E-state index contributed by atoms with van der Waals surface area (Å²) in [5, 5.41) is 10.3. The van der Waals surface area contributed by atoms with E-state index in [0.29, 0.717) is 5.69 Å². The van der Waals surface area contributed by atoms with Crippen LogP contribution >= 0.6 is 12.4 Å². The molecule has 0 aliphatic carbocycles. The third-order valence-corrected chi connectivity index (χ3v) is 1.74. The first-order chi connectivity index (χ1) is 6.25. The van der Waals surface area contributed by atoms with Crippen molar-refractivity contribution in [1.29, 1.82) is 0 Å². The van der Waals surface area contributed by atoms with Crippen LogP contribution in [0.25, 0.3) is 5.65 Å². The van der Waals surface area contributed by atoms with Gasteiger partial charge in [-0.1, -0.05) is 6.07 Å². The van der Waals surface area contributed by atoms with Gasteiger partial charge in [0, 0.05) is 24.8 Å². The van der Waals surface area contributed by atoms with E-state index in [1.54, 1.807) is 10.6 Å². The minimum absolute atomic E-state index is 0. The lowest BCUT2D eigenvalue weighted by molar-refractivity contribution is -0.304. The van der Waals surface area contributed by atoms with Crippen LogP contribution in [0, 0.1) is 0 Å². The molecule has 5 heteroatoms. The highest BCUT2D eigenvalue weighted by Crippen LogP contribution is 2.04. The number of aliphatic carboxylic acids is 1. The summed E-state index contributed by atoms with van der Waals surface area (Å²) in [6.07, 6.45) is 3.37. The van der Waals surface area contributed by atoms with Crippen LogP contribution in [0.5, 0.6) is 0 Å². The third-order valence-electron chi connectivity index (χ3n) is 1.74. The molecule has 0 aliphatic rings. The van der Waals surface area contributed by atoms with Crippen LogP contribution in [0.15, 0.2) is 30.6 Å². The largest absolute Gasteiger partial charge is 0.550 e. The van der Waals surface area contributed by atoms with Crippen molar-refractivity contribution in [1.82, 2.24) is 9.38 Å². The van der Waals surface area contributed by atoms with Crippen LogP contribution in [0.2, 0.25) is 0 Å². The highest BCUT2D eigenvalue weighted by atomic mass is 35.5. The van der Waals surface area contributed by atoms with Crippen molar-refractivity contribution < 1.29 is 9.90 Å². The SMILES string of the molecule is Cl.O=C([O-])Cc1cn2ccccc2n1. The van der Waals surface area contributed by atoms with Crippen LogP contribution < -0.4 is 5.11 Å². The first kappa shape index (κ1) is 10.5. The number of carboxylic acids is 1. The van der Waals surface area contributed by atoms with Crippen LogP contribution in [0.1, 0.15) is 5.69 Å². The summed E-state index contributed by atoms with van der Waals surface area (Å²) in [4.78, 5) is 14.4. The summed E-state index contributed by atoms with van der Waals surface area (Å²) in [6.45, 7) is 0. The second-order valence-corrected chi connectivity index (χ2v) is 2.75. The standard InChI is InChI=1S/C9H8N2O2.ClH/c12-9(13)5-7-6-11-4-2-1-3-8(11)10-7;/h1-4,6H,5H2,(H,12,13);1H/p-1. The molecule has 2 rings (SSSR count). The Kier molecular flexibility index (Phi) is 3.09. The van der Waals surface area contributed by atoms with Gasteiger partial charge in [0.1, 0.15) is 5.65 Å². The molecule has 0 unspecified atom stereocenters. The van der Waals surface area contributed by atoms with E-state index in [4.69, 9.17) is 0 Å². The number of hydrogen-bond acceptors (Lipinski definition) is 3.